The van der Waals surface area contributed by atoms with Crippen molar-refractivity contribution in [2.75, 3.05) is 18.5 Å². The van der Waals surface area contributed by atoms with Crippen molar-refractivity contribution in [1.82, 2.24) is 4.72 Å². The molecule has 0 saturated carbocycles. The van der Waals surface area contributed by atoms with Crippen molar-refractivity contribution in [2.45, 2.75) is 25.2 Å². The van der Waals surface area contributed by atoms with Gasteiger partial charge in [0.15, 0.2) is 6.61 Å². The van der Waals surface area contributed by atoms with Crippen LogP contribution in [0.5, 0.6) is 5.75 Å². The van der Waals surface area contributed by atoms with E-state index in [2.05, 4.69) is 41.9 Å². The van der Waals surface area contributed by atoms with Crippen LogP contribution in [0.25, 0.3) is 0 Å². The van der Waals surface area contributed by atoms with Gasteiger partial charge in [-0.15, -0.1) is 0 Å². The van der Waals surface area contributed by atoms with Crippen LogP contribution in [-0.4, -0.2) is 27.5 Å². The van der Waals surface area contributed by atoms with Gasteiger partial charge in [-0.1, -0.05) is 22.9 Å². The van der Waals surface area contributed by atoms with Crippen molar-refractivity contribution in [1.29, 1.82) is 0 Å². The number of hydrogen-bond acceptors (Lipinski definition) is 4. The molecule has 0 bridgehead atoms. The van der Waals surface area contributed by atoms with Gasteiger partial charge in [0.1, 0.15) is 5.75 Å². The lowest BCUT2D eigenvalue weighted by molar-refractivity contribution is -0.118. The zero-order valence-corrected chi connectivity index (χ0v) is 18.9. The van der Waals surface area contributed by atoms with Crippen LogP contribution in [0.1, 0.15) is 18.9 Å². The van der Waals surface area contributed by atoms with E-state index in [4.69, 9.17) is 4.74 Å². The van der Waals surface area contributed by atoms with E-state index in [0.29, 0.717) is 24.4 Å². The van der Waals surface area contributed by atoms with Gasteiger partial charge in [-0.2, -0.15) is 0 Å². The largest absolute Gasteiger partial charge is 0.482 e. The Balaban J connectivity index is 1.97. The first-order valence-corrected chi connectivity index (χ1v) is 11.3. The molecule has 2 N–H and O–H groups in total. The van der Waals surface area contributed by atoms with Crippen LogP contribution in [0.3, 0.4) is 0 Å². The monoisotopic (exact) mass is 518 g/mol. The van der Waals surface area contributed by atoms with Crippen molar-refractivity contribution in [3.05, 3.63) is 50.9 Å². The molecule has 2 rings (SSSR count). The first kappa shape index (κ1) is 21.9. The Labute approximate surface area is 176 Å². The molecule has 0 atom stereocenters. The molecule has 0 fully saturated rings. The maximum Gasteiger partial charge on any atom is 0.262 e. The van der Waals surface area contributed by atoms with Gasteiger partial charge in [0, 0.05) is 16.7 Å². The molecule has 0 aliphatic heterocycles. The summed E-state index contributed by atoms with van der Waals surface area (Å²) in [5.74, 6) is 0.251. The van der Waals surface area contributed by atoms with Gasteiger partial charge in [-0.3, -0.25) is 4.79 Å². The summed E-state index contributed by atoms with van der Waals surface area (Å²) in [5, 5.41) is 2.68. The predicted octanol–water partition coefficient (Wildman–Crippen LogP) is 4.23. The summed E-state index contributed by atoms with van der Waals surface area (Å²) in [6.07, 6.45) is 0.710. The van der Waals surface area contributed by atoms with Gasteiger partial charge in [0.25, 0.3) is 5.91 Å². The van der Waals surface area contributed by atoms with E-state index < -0.39 is 10.0 Å². The Bertz CT molecular complexity index is 892. The van der Waals surface area contributed by atoms with Crippen LogP contribution in [0.2, 0.25) is 0 Å². The fourth-order valence-corrected chi connectivity index (χ4v) is 4.93. The molecule has 0 unspecified atom stereocenters. The number of amides is 1. The van der Waals surface area contributed by atoms with Gasteiger partial charge in [0.05, 0.1) is 9.37 Å². The SMILES string of the molecule is CCCNS(=O)(=O)c1ccc(NC(=O)COc2c(C)cc(Br)cc2Br)cc1. The summed E-state index contributed by atoms with van der Waals surface area (Å²) >= 11 is 6.80. The molecular weight excluding hydrogens is 500 g/mol. The minimum Gasteiger partial charge on any atom is -0.482 e. The highest BCUT2D eigenvalue weighted by Crippen LogP contribution is 2.32. The molecule has 0 aliphatic rings. The van der Waals surface area contributed by atoms with E-state index in [9.17, 15) is 13.2 Å². The lowest BCUT2D eigenvalue weighted by atomic mass is 10.2. The Morgan fingerprint density at radius 3 is 2.41 bits per heavy atom. The molecule has 0 aliphatic carbocycles. The van der Waals surface area contributed by atoms with E-state index in [-0.39, 0.29) is 17.4 Å². The van der Waals surface area contributed by atoms with E-state index in [1.54, 1.807) is 12.1 Å². The highest BCUT2D eigenvalue weighted by atomic mass is 79.9. The van der Waals surface area contributed by atoms with Crippen LogP contribution in [0, 0.1) is 6.92 Å². The second-order valence-corrected chi connectivity index (χ2v) is 9.33. The third-order valence-electron chi connectivity index (χ3n) is 3.53. The number of aryl methyl sites for hydroxylation is 1. The molecule has 9 heteroatoms. The van der Waals surface area contributed by atoms with Crippen LogP contribution < -0.4 is 14.8 Å². The molecule has 0 spiro atoms. The smallest absolute Gasteiger partial charge is 0.262 e. The summed E-state index contributed by atoms with van der Waals surface area (Å²) in [6.45, 7) is 3.98. The Hall–Kier alpha value is -1.42. The summed E-state index contributed by atoms with van der Waals surface area (Å²) in [6, 6.07) is 9.71. The van der Waals surface area contributed by atoms with E-state index in [1.807, 2.05) is 26.0 Å². The van der Waals surface area contributed by atoms with Crippen molar-refractivity contribution in [3.63, 3.8) is 0 Å². The fraction of sp³-hybridized carbons (Fsp3) is 0.278. The zero-order chi connectivity index (χ0) is 20.0. The summed E-state index contributed by atoms with van der Waals surface area (Å²) in [4.78, 5) is 12.3. The molecule has 0 aromatic heterocycles. The number of rotatable bonds is 8. The Kier molecular flexibility index (Phi) is 7.84. The van der Waals surface area contributed by atoms with Crippen molar-refractivity contribution in [3.8, 4) is 5.75 Å². The van der Waals surface area contributed by atoms with Crippen LogP contribution >= 0.6 is 31.9 Å². The average molecular weight is 520 g/mol. The summed E-state index contributed by atoms with van der Waals surface area (Å²) in [5.41, 5.74) is 1.38. The second kappa shape index (κ2) is 9.68. The minimum atomic E-state index is -3.52. The second-order valence-electron chi connectivity index (χ2n) is 5.79. The standard InChI is InChI=1S/C18H20Br2N2O4S/c1-3-8-21-27(24,25)15-6-4-14(5-7-15)22-17(23)11-26-18-12(2)9-13(19)10-16(18)20/h4-7,9-10,21H,3,8,11H2,1-2H3,(H,22,23). The maximum absolute atomic E-state index is 12.1. The van der Waals surface area contributed by atoms with Gasteiger partial charge in [-0.25, -0.2) is 13.1 Å². The Morgan fingerprint density at radius 1 is 1.15 bits per heavy atom. The Morgan fingerprint density at radius 2 is 1.81 bits per heavy atom. The van der Waals surface area contributed by atoms with E-state index in [0.717, 1.165) is 14.5 Å². The number of carbonyl (C=O) groups is 1. The molecule has 27 heavy (non-hydrogen) atoms. The zero-order valence-electron chi connectivity index (χ0n) is 14.9. The molecule has 1 amide bonds. The topological polar surface area (TPSA) is 84.5 Å². The lowest BCUT2D eigenvalue weighted by Gasteiger charge is -2.12. The predicted molar refractivity (Wildman–Crippen MR) is 113 cm³/mol. The molecule has 146 valence electrons. The minimum absolute atomic E-state index is 0.152. The molecule has 0 heterocycles. The third kappa shape index (κ3) is 6.31. The van der Waals surface area contributed by atoms with Crippen molar-refractivity contribution >= 4 is 53.5 Å². The third-order valence-corrected chi connectivity index (χ3v) is 6.06. The van der Waals surface area contributed by atoms with Crippen molar-refractivity contribution < 1.29 is 17.9 Å². The quantitative estimate of drug-likeness (QED) is 0.546. The molecule has 0 saturated heterocycles. The van der Waals surface area contributed by atoms with Gasteiger partial charge < -0.3 is 10.1 Å². The number of anilines is 1. The lowest BCUT2D eigenvalue weighted by Crippen LogP contribution is -2.24. The molecule has 2 aromatic carbocycles. The number of ether oxygens (including phenoxy) is 1. The van der Waals surface area contributed by atoms with Crippen molar-refractivity contribution in [2.24, 2.45) is 0 Å². The first-order chi connectivity index (χ1) is 12.7. The maximum atomic E-state index is 12.1. The summed E-state index contributed by atoms with van der Waals surface area (Å²) < 4.78 is 33.8. The van der Waals surface area contributed by atoms with Gasteiger partial charge >= 0.3 is 0 Å². The number of hydrogen-bond donors (Lipinski definition) is 2. The fourth-order valence-electron chi connectivity index (χ4n) is 2.24. The molecule has 2 aromatic rings. The van der Waals surface area contributed by atoms with Gasteiger partial charge in [0.2, 0.25) is 10.0 Å². The number of sulfonamides is 1. The molecular formula is C18H20Br2N2O4S. The number of carbonyl (C=O) groups excluding carboxylic acids is 1. The highest BCUT2D eigenvalue weighted by Gasteiger charge is 2.13. The molecule has 6 nitrogen and oxygen atoms in total. The number of benzene rings is 2. The van der Waals surface area contributed by atoms with Crippen LogP contribution in [-0.2, 0) is 14.8 Å². The van der Waals surface area contributed by atoms with E-state index in [1.165, 1.54) is 12.1 Å². The summed E-state index contributed by atoms with van der Waals surface area (Å²) in [7, 11) is -3.52. The normalized spacial score (nSPS) is 11.3. The first-order valence-electron chi connectivity index (χ1n) is 8.21. The van der Waals surface area contributed by atoms with Crippen LogP contribution in [0.15, 0.2) is 50.2 Å². The highest BCUT2D eigenvalue weighted by molar-refractivity contribution is 9.11. The van der Waals surface area contributed by atoms with E-state index >= 15 is 0 Å². The average Bonchev–Trinajstić information content (AvgIpc) is 2.59. The van der Waals surface area contributed by atoms with Crippen LogP contribution in [0.4, 0.5) is 5.69 Å². The number of halogens is 2. The number of nitrogens with one attached hydrogen (secondary N) is 2. The van der Waals surface area contributed by atoms with Gasteiger partial charge in [-0.05, 0) is 71.2 Å². The molecule has 0 radical (unpaired) electrons.